The fraction of sp³-hybridized carbons (Fsp3) is 0.667. The third-order valence-corrected chi connectivity index (χ3v) is 1.67. The number of nitrogens with zero attached hydrogens (tertiary/aromatic N) is 2. The normalized spacial score (nSPS) is 15.9. The summed E-state index contributed by atoms with van der Waals surface area (Å²) in [6, 6.07) is -0.757. The summed E-state index contributed by atoms with van der Waals surface area (Å²) in [5, 5.41) is 6.78. The van der Waals surface area contributed by atoms with Crippen LogP contribution in [0.15, 0.2) is 0 Å². The average Bonchev–Trinajstić information content (AvgIpc) is 2.37. The number of carbonyl (C=O) groups excluding carboxylic acids is 3. The van der Waals surface area contributed by atoms with E-state index in [9.17, 15) is 14.4 Å². The second-order valence-corrected chi connectivity index (χ2v) is 2.67. The summed E-state index contributed by atoms with van der Waals surface area (Å²) < 4.78 is 0. The predicted octanol–water partition coefficient (Wildman–Crippen LogP) is 2.75. The maximum Gasteiger partial charge on any atom is 0.0564 e. The topological polar surface area (TPSA) is 79.4 Å². The van der Waals surface area contributed by atoms with Crippen molar-refractivity contribution in [1.29, 1.82) is 0 Å². The number of imide groups is 1. The molecule has 0 aliphatic carbocycles. The van der Waals surface area contributed by atoms with Crippen LogP contribution in [0, 0.1) is 6.92 Å². The van der Waals surface area contributed by atoms with Crippen LogP contribution in [0.2, 0.25) is 0 Å². The molecule has 1 radical (unpaired) electrons. The van der Waals surface area contributed by atoms with Crippen LogP contribution in [-0.4, -0.2) is 23.8 Å². The molecule has 1 heterocycles. The van der Waals surface area contributed by atoms with Gasteiger partial charge in [0.15, 0.2) is 0 Å². The summed E-state index contributed by atoms with van der Waals surface area (Å²) in [7, 11) is 0. The molecule has 0 aromatic rings. The molecule has 0 saturated carbocycles. The van der Waals surface area contributed by atoms with Crippen LogP contribution in [0.25, 0.3) is 10.6 Å². The van der Waals surface area contributed by atoms with Crippen molar-refractivity contribution >= 4 is 17.7 Å². The Balaban J connectivity index is -0.000000171. The Kier molecular flexibility index (Phi) is 26.8. The first-order chi connectivity index (χ1) is 8.13. The van der Waals surface area contributed by atoms with Gasteiger partial charge in [0.1, 0.15) is 0 Å². The third kappa shape index (κ3) is 13.2. The first kappa shape index (κ1) is 27.7. The second-order valence-electron chi connectivity index (χ2n) is 2.67. The molecule has 0 spiro atoms. The molecule has 1 saturated heterocycles. The third-order valence-electron chi connectivity index (χ3n) is 1.67. The summed E-state index contributed by atoms with van der Waals surface area (Å²) in [6.45, 7) is 11.3. The second kappa shape index (κ2) is 18.4. The van der Waals surface area contributed by atoms with E-state index in [1.165, 1.54) is 0 Å². The minimum Gasteiger partial charge on any atom is -0.648 e. The van der Waals surface area contributed by atoms with E-state index in [2.05, 4.69) is 17.6 Å². The molecule has 1 aliphatic rings. The van der Waals surface area contributed by atoms with E-state index >= 15 is 0 Å². The van der Waals surface area contributed by atoms with E-state index in [4.69, 9.17) is 0 Å². The summed E-state index contributed by atoms with van der Waals surface area (Å²) in [5.74, 6) is -1.47. The zero-order valence-electron chi connectivity index (χ0n) is 12.0. The Hall–Kier alpha value is 0.402. The van der Waals surface area contributed by atoms with Crippen LogP contribution in [0.3, 0.4) is 0 Å². The van der Waals surface area contributed by atoms with Gasteiger partial charge in [0.05, 0.1) is 5.91 Å². The largest absolute Gasteiger partial charge is 0.648 e. The van der Waals surface area contributed by atoms with Gasteiger partial charge in [-0.25, -0.2) is 0 Å². The van der Waals surface area contributed by atoms with E-state index in [0.717, 1.165) is 0 Å². The number of amides is 3. The van der Waals surface area contributed by atoms with Crippen molar-refractivity contribution in [2.24, 2.45) is 0 Å². The monoisotopic (exact) mass is 514 g/mol. The first-order valence-corrected chi connectivity index (χ1v) is 5.95. The molecule has 1 unspecified atom stereocenters. The minimum atomic E-state index is -0.757. The van der Waals surface area contributed by atoms with Crippen LogP contribution in [0.1, 0.15) is 47.0 Å². The van der Waals surface area contributed by atoms with Gasteiger partial charge in [0.25, 0.3) is 0 Å². The van der Waals surface area contributed by atoms with Crippen LogP contribution in [0.5, 0.6) is 0 Å². The molecule has 109 valence electrons. The molecule has 7 heteroatoms. The van der Waals surface area contributed by atoms with E-state index in [-0.39, 0.29) is 73.0 Å². The van der Waals surface area contributed by atoms with Gasteiger partial charge in [-0.3, -0.25) is 0 Å². The molecular weight excluding hydrogens is 493 g/mol. The van der Waals surface area contributed by atoms with Crippen LogP contribution in [-0.2, 0) is 68.2 Å². The summed E-state index contributed by atoms with van der Waals surface area (Å²) in [6.07, 6.45) is 0.495. The van der Waals surface area contributed by atoms with Gasteiger partial charge in [-0.2, -0.15) is 0 Å². The number of hydrogen-bond acceptors (Lipinski definition) is 3. The predicted molar refractivity (Wildman–Crippen MR) is 67.4 cm³/mol. The molecule has 19 heavy (non-hydrogen) atoms. The molecule has 0 aromatic carbocycles. The van der Waals surface area contributed by atoms with Crippen LogP contribution >= 0.6 is 0 Å². The van der Waals surface area contributed by atoms with Gasteiger partial charge in [-0.05, 0) is 6.42 Å². The maximum atomic E-state index is 11.0. The van der Waals surface area contributed by atoms with Crippen molar-refractivity contribution in [3.05, 3.63) is 17.6 Å². The van der Waals surface area contributed by atoms with Gasteiger partial charge in [-0.15, -0.1) is 6.42 Å². The Morgan fingerprint density at radius 3 is 2.16 bits per heavy atom. The van der Waals surface area contributed by atoms with E-state index in [0.29, 0.717) is 0 Å². The molecular formula is C12H21N2O3WY-3. The SMILES string of the molecule is CC.CC.[CH2-]CC(=O)[N-]C1CCC(=O)[N-]C1=O.[W].[Y]. The van der Waals surface area contributed by atoms with Crippen molar-refractivity contribution in [2.75, 3.05) is 0 Å². The standard InChI is InChI=1S/C8H11N2O3.2C2H6.W.Y/c1-2-6(11)9-5-3-4-7(12)10-8(5)13;2*1-2;;/h5H,1-4H2,(H2,9,10,11,12,13);2*1-2H3;;/q-1;;;;/p-2. The number of carbonyl (C=O) groups is 3. The van der Waals surface area contributed by atoms with Crippen LogP contribution < -0.4 is 0 Å². The van der Waals surface area contributed by atoms with Crippen molar-refractivity contribution in [2.45, 2.75) is 53.0 Å². The molecule has 1 rings (SSSR count). The average molecular weight is 514 g/mol. The Labute approximate surface area is 155 Å². The molecule has 1 atom stereocenters. The summed E-state index contributed by atoms with van der Waals surface area (Å²) in [5.41, 5.74) is 0. The molecule has 0 aromatic heterocycles. The molecule has 5 nitrogen and oxygen atoms in total. The van der Waals surface area contributed by atoms with Gasteiger partial charge in [0.2, 0.25) is 0 Å². The quantitative estimate of drug-likeness (QED) is 0.420. The van der Waals surface area contributed by atoms with Gasteiger partial charge >= 0.3 is 0 Å². The molecule has 0 bridgehead atoms. The van der Waals surface area contributed by atoms with Crippen molar-refractivity contribution in [1.82, 2.24) is 0 Å². The first-order valence-electron chi connectivity index (χ1n) is 5.95. The number of rotatable bonds is 2. The van der Waals surface area contributed by atoms with Gasteiger partial charge in [0, 0.05) is 65.6 Å². The fourth-order valence-electron chi connectivity index (χ4n) is 0.995. The Morgan fingerprint density at radius 1 is 1.32 bits per heavy atom. The number of piperidine rings is 1. The zero-order valence-corrected chi connectivity index (χ0v) is 17.8. The Bertz CT molecular complexity index is 263. The van der Waals surface area contributed by atoms with Crippen molar-refractivity contribution in [3.8, 4) is 0 Å². The minimum absolute atomic E-state index is 0. The Morgan fingerprint density at radius 2 is 1.79 bits per heavy atom. The van der Waals surface area contributed by atoms with Gasteiger partial charge in [-0.1, -0.05) is 40.2 Å². The molecule has 0 N–H and O–H groups in total. The van der Waals surface area contributed by atoms with Crippen molar-refractivity contribution in [3.63, 3.8) is 0 Å². The smallest absolute Gasteiger partial charge is 0.0564 e. The maximum absolute atomic E-state index is 11.0. The van der Waals surface area contributed by atoms with Crippen molar-refractivity contribution < 1.29 is 68.2 Å². The zero-order chi connectivity index (χ0) is 13.8. The van der Waals surface area contributed by atoms with E-state index in [1.54, 1.807) is 0 Å². The van der Waals surface area contributed by atoms with E-state index in [1.807, 2.05) is 27.7 Å². The fourth-order valence-corrected chi connectivity index (χ4v) is 0.995. The summed E-state index contributed by atoms with van der Waals surface area (Å²) >= 11 is 0. The van der Waals surface area contributed by atoms with Crippen LogP contribution in [0.4, 0.5) is 0 Å². The molecule has 1 fully saturated rings. The van der Waals surface area contributed by atoms with E-state index < -0.39 is 23.8 Å². The summed E-state index contributed by atoms with van der Waals surface area (Å²) in [4.78, 5) is 32.4. The molecule has 1 aliphatic heterocycles. The molecule has 3 amide bonds. The van der Waals surface area contributed by atoms with Gasteiger partial charge < -0.3 is 31.9 Å². The number of hydrogen-bond donors (Lipinski definition) is 0.